The number of pyridine rings is 1. The maximum atomic E-state index is 12.6. The lowest BCUT2D eigenvalue weighted by Crippen LogP contribution is -2.13. The van der Waals surface area contributed by atoms with E-state index in [0.29, 0.717) is 27.6 Å². The van der Waals surface area contributed by atoms with Crippen molar-refractivity contribution in [1.82, 2.24) is 15.0 Å². The molecule has 8 nitrogen and oxygen atoms in total. The molecule has 162 valence electrons. The number of halogens is 1. The van der Waals surface area contributed by atoms with Crippen molar-refractivity contribution in [2.24, 2.45) is 0 Å². The molecule has 32 heavy (non-hydrogen) atoms. The van der Waals surface area contributed by atoms with Gasteiger partial charge in [0.15, 0.2) is 0 Å². The van der Waals surface area contributed by atoms with E-state index in [2.05, 4.69) is 46.2 Å². The molecule has 0 aliphatic carbocycles. The molecular formula is C22H19BrN6O2S. The van der Waals surface area contributed by atoms with E-state index in [4.69, 9.17) is 0 Å². The van der Waals surface area contributed by atoms with Gasteiger partial charge in [0, 0.05) is 28.1 Å². The molecule has 10 heteroatoms. The summed E-state index contributed by atoms with van der Waals surface area (Å²) in [7, 11) is -3.71. The van der Waals surface area contributed by atoms with Crippen LogP contribution in [-0.2, 0) is 10.0 Å². The first kappa shape index (κ1) is 21.7. The number of anilines is 5. The molecule has 0 atom stereocenters. The SMILES string of the molecule is Cc1ccnc(Nc2cc(Nc3ccc(NS(=O)(=O)c4ccccc4Br)cc3)ncn2)c1. The van der Waals surface area contributed by atoms with Gasteiger partial charge in [0.05, 0.1) is 0 Å². The minimum atomic E-state index is -3.71. The van der Waals surface area contributed by atoms with Gasteiger partial charge in [-0.3, -0.25) is 4.72 Å². The number of aryl methyl sites for hydroxylation is 1. The Hall–Kier alpha value is -3.50. The highest BCUT2D eigenvalue weighted by molar-refractivity contribution is 9.10. The van der Waals surface area contributed by atoms with Crippen LogP contribution < -0.4 is 15.4 Å². The molecular weight excluding hydrogens is 492 g/mol. The summed E-state index contributed by atoms with van der Waals surface area (Å²) in [6.07, 6.45) is 3.17. The summed E-state index contributed by atoms with van der Waals surface area (Å²) in [6, 6.07) is 19.1. The van der Waals surface area contributed by atoms with Crippen molar-refractivity contribution in [3.8, 4) is 0 Å². The van der Waals surface area contributed by atoms with E-state index in [-0.39, 0.29) is 4.90 Å². The summed E-state index contributed by atoms with van der Waals surface area (Å²) >= 11 is 3.27. The molecule has 0 fully saturated rings. The molecule has 0 aliphatic rings. The van der Waals surface area contributed by atoms with Gasteiger partial charge < -0.3 is 10.6 Å². The lowest BCUT2D eigenvalue weighted by Gasteiger charge is -2.11. The van der Waals surface area contributed by atoms with Crippen molar-refractivity contribution in [2.45, 2.75) is 11.8 Å². The smallest absolute Gasteiger partial charge is 0.263 e. The highest BCUT2D eigenvalue weighted by Crippen LogP contribution is 2.25. The van der Waals surface area contributed by atoms with E-state index in [1.54, 1.807) is 54.7 Å². The number of hydrogen-bond acceptors (Lipinski definition) is 7. The molecule has 0 aliphatic heterocycles. The topological polar surface area (TPSA) is 109 Å². The van der Waals surface area contributed by atoms with Crippen LogP contribution in [0.2, 0.25) is 0 Å². The zero-order valence-corrected chi connectivity index (χ0v) is 19.4. The van der Waals surface area contributed by atoms with Gasteiger partial charge in [0.1, 0.15) is 28.7 Å². The first-order valence-corrected chi connectivity index (χ1v) is 11.8. The lowest BCUT2D eigenvalue weighted by molar-refractivity contribution is 0.601. The van der Waals surface area contributed by atoms with E-state index in [9.17, 15) is 8.42 Å². The molecule has 4 rings (SSSR count). The molecule has 0 saturated carbocycles. The number of nitrogens with one attached hydrogen (secondary N) is 3. The molecule has 3 N–H and O–H groups in total. The molecule has 4 aromatic rings. The maximum absolute atomic E-state index is 12.6. The van der Waals surface area contributed by atoms with E-state index >= 15 is 0 Å². The van der Waals surface area contributed by atoms with Crippen LogP contribution in [-0.4, -0.2) is 23.4 Å². The Kier molecular flexibility index (Phi) is 6.33. The van der Waals surface area contributed by atoms with Crippen LogP contribution in [0.3, 0.4) is 0 Å². The van der Waals surface area contributed by atoms with Gasteiger partial charge in [0.2, 0.25) is 0 Å². The van der Waals surface area contributed by atoms with Gasteiger partial charge in [-0.15, -0.1) is 0 Å². The summed E-state index contributed by atoms with van der Waals surface area (Å²) < 4.78 is 28.3. The minimum absolute atomic E-state index is 0.173. The summed E-state index contributed by atoms with van der Waals surface area (Å²) in [4.78, 5) is 12.9. The van der Waals surface area contributed by atoms with Crippen molar-refractivity contribution in [3.05, 3.63) is 89.3 Å². The van der Waals surface area contributed by atoms with Gasteiger partial charge >= 0.3 is 0 Å². The third kappa shape index (κ3) is 5.40. The van der Waals surface area contributed by atoms with Crippen LogP contribution in [0.25, 0.3) is 0 Å². The minimum Gasteiger partial charge on any atom is -0.340 e. The average molecular weight is 511 g/mol. The van der Waals surface area contributed by atoms with Crippen LogP contribution in [0, 0.1) is 6.92 Å². The molecule has 0 saturated heterocycles. The van der Waals surface area contributed by atoms with Crippen molar-refractivity contribution in [2.75, 3.05) is 15.4 Å². The number of hydrogen-bond donors (Lipinski definition) is 3. The Labute approximate surface area is 194 Å². The predicted molar refractivity (Wildman–Crippen MR) is 129 cm³/mol. The largest absolute Gasteiger partial charge is 0.340 e. The fourth-order valence-electron chi connectivity index (χ4n) is 2.87. The number of rotatable bonds is 7. The van der Waals surface area contributed by atoms with Crippen LogP contribution in [0.4, 0.5) is 28.8 Å². The fraction of sp³-hybridized carbons (Fsp3) is 0.0455. The van der Waals surface area contributed by atoms with E-state index in [1.165, 1.54) is 12.4 Å². The second-order valence-corrected chi connectivity index (χ2v) is 9.38. The second-order valence-electron chi connectivity index (χ2n) is 6.87. The standard InChI is InChI=1S/C22H19BrN6O2S/c1-15-10-11-24-20(12-15)28-22-13-21(25-14-26-22)27-16-6-8-17(9-7-16)29-32(30,31)19-5-3-2-4-18(19)23/h2-14,29H,1H3,(H2,24,25,26,27,28). The summed E-state index contributed by atoms with van der Waals surface area (Å²) in [5.41, 5.74) is 2.28. The molecule has 0 bridgehead atoms. The van der Waals surface area contributed by atoms with Crippen molar-refractivity contribution in [1.29, 1.82) is 0 Å². The predicted octanol–water partition coefficient (Wildman–Crippen LogP) is 5.23. The van der Waals surface area contributed by atoms with Crippen molar-refractivity contribution < 1.29 is 8.42 Å². The van der Waals surface area contributed by atoms with Crippen molar-refractivity contribution >= 4 is 54.8 Å². The Morgan fingerprint density at radius 3 is 2.16 bits per heavy atom. The highest BCUT2D eigenvalue weighted by atomic mass is 79.9. The molecule has 2 aromatic heterocycles. The molecule has 2 heterocycles. The second kappa shape index (κ2) is 9.33. The van der Waals surface area contributed by atoms with Crippen LogP contribution in [0.5, 0.6) is 0 Å². The number of nitrogens with zero attached hydrogens (tertiary/aromatic N) is 3. The number of benzene rings is 2. The summed E-state index contributed by atoms with van der Waals surface area (Å²) in [5.74, 6) is 1.87. The third-order valence-corrected chi connectivity index (χ3v) is 6.77. The maximum Gasteiger partial charge on any atom is 0.263 e. The molecule has 0 spiro atoms. The van der Waals surface area contributed by atoms with E-state index < -0.39 is 10.0 Å². The molecule has 0 radical (unpaired) electrons. The Morgan fingerprint density at radius 1 is 0.781 bits per heavy atom. The van der Waals surface area contributed by atoms with Crippen LogP contribution in [0.1, 0.15) is 5.56 Å². The fourth-order valence-corrected chi connectivity index (χ4v) is 4.93. The zero-order chi connectivity index (χ0) is 22.6. The van der Waals surface area contributed by atoms with Gasteiger partial charge in [-0.1, -0.05) is 12.1 Å². The van der Waals surface area contributed by atoms with Crippen molar-refractivity contribution in [3.63, 3.8) is 0 Å². The van der Waals surface area contributed by atoms with E-state index in [0.717, 1.165) is 11.3 Å². The molecule has 0 unspecified atom stereocenters. The van der Waals surface area contributed by atoms with Gasteiger partial charge in [-0.25, -0.2) is 23.4 Å². The van der Waals surface area contributed by atoms with Gasteiger partial charge in [0.25, 0.3) is 10.0 Å². The number of aromatic nitrogens is 3. The normalized spacial score (nSPS) is 11.1. The highest BCUT2D eigenvalue weighted by Gasteiger charge is 2.17. The van der Waals surface area contributed by atoms with Crippen LogP contribution >= 0.6 is 15.9 Å². The third-order valence-electron chi connectivity index (χ3n) is 4.37. The van der Waals surface area contributed by atoms with Gasteiger partial charge in [-0.05, 0) is 76.9 Å². The first-order valence-electron chi connectivity index (χ1n) is 9.55. The summed E-state index contributed by atoms with van der Waals surface area (Å²) in [5, 5.41) is 6.32. The Balaban J connectivity index is 1.44. The molecule has 0 amide bonds. The lowest BCUT2D eigenvalue weighted by atomic mass is 10.3. The molecule has 2 aromatic carbocycles. The quantitative estimate of drug-likeness (QED) is 0.312. The average Bonchev–Trinajstić information content (AvgIpc) is 2.75. The monoisotopic (exact) mass is 510 g/mol. The Morgan fingerprint density at radius 2 is 1.44 bits per heavy atom. The van der Waals surface area contributed by atoms with Crippen LogP contribution in [0.15, 0.2) is 88.6 Å². The summed E-state index contributed by atoms with van der Waals surface area (Å²) in [6.45, 7) is 1.99. The Bertz CT molecular complexity index is 1350. The van der Waals surface area contributed by atoms with E-state index in [1.807, 2.05) is 19.1 Å². The number of sulfonamides is 1. The zero-order valence-electron chi connectivity index (χ0n) is 16.9. The van der Waals surface area contributed by atoms with Gasteiger partial charge in [-0.2, -0.15) is 0 Å². The first-order chi connectivity index (χ1) is 15.4.